The molecule has 0 spiro atoms. The number of ether oxygens (including phenoxy) is 1. The number of hydrogen-bond donors (Lipinski definition) is 1. The zero-order valence-corrected chi connectivity index (χ0v) is 18.8. The molecule has 0 saturated carbocycles. The van der Waals surface area contributed by atoms with Gasteiger partial charge in [0.1, 0.15) is 5.69 Å². The number of para-hydroxylation sites is 1. The van der Waals surface area contributed by atoms with E-state index in [0.29, 0.717) is 19.0 Å². The first-order valence-electron chi connectivity index (χ1n) is 10.8. The Bertz CT molecular complexity index is 972. The van der Waals surface area contributed by atoms with Crippen molar-refractivity contribution in [2.75, 3.05) is 13.1 Å². The maximum Gasteiger partial charge on any atom is 0.222 e. The minimum Gasteiger partial charge on any atom is -0.436 e. The van der Waals surface area contributed by atoms with Crippen LogP contribution in [0.1, 0.15) is 32.8 Å². The van der Waals surface area contributed by atoms with Gasteiger partial charge in [-0.15, -0.1) is 0 Å². The molecule has 6 heteroatoms. The van der Waals surface area contributed by atoms with Crippen LogP contribution >= 0.6 is 0 Å². The van der Waals surface area contributed by atoms with E-state index < -0.39 is 11.9 Å². The van der Waals surface area contributed by atoms with Crippen molar-refractivity contribution in [3.8, 4) is 22.9 Å². The summed E-state index contributed by atoms with van der Waals surface area (Å²) in [5.74, 6) is 0.409. The summed E-state index contributed by atoms with van der Waals surface area (Å²) in [7, 11) is 1.80. The first-order valence-corrected chi connectivity index (χ1v) is 10.8. The van der Waals surface area contributed by atoms with Crippen molar-refractivity contribution in [2.45, 2.75) is 39.8 Å². The Morgan fingerprint density at radius 1 is 1.10 bits per heavy atom. The average molecular weight is 426 g/mol. The van der Waals surface area contributed by atoms with Gasteiger partial charge in [0.15, 0.2) is 11.6 Å². The van der Waals surface area contributed by atoms with Gasteiger partial charge in [0.2, 0.25) is 5.88 Å². The second-order valence-corrected chi connectivity index (χ2v) is 8.20. The zero-order chi connectivity index (χ0) is 22.4. The third-order valence-corrected chi connectivity index (χ3v) is 5.31. The van der Waals surface area contributed by atoms with Crippen LogP contribution in [0.3, 0.4) is 0 Å². The van der Waals surface area contributed by atoms with Crippen molar-refractivity contribution in [2.24, 2.45) is 13.0 Å². The van der Waals surface area contributed by atoms with Gasteiger partial charge in [-0.3, -0.25) is 4.90 Å². The molecule has 1 aromatic heterocycles. The first kappa shape index (κ1) is 23.0. The molecule has 1 heterocycles. The Balaban J connectivity index is 2.02. The standard InChI is InChI=1S/C25H32FN3O2/c1-5-15-29(17-22(30)18(2)3)16-20-24(19-11-7-6-8-12-19)27-28(4)25(20)31-23-14-10-9-13-21(23)26/h6-14,18,22,30H,5,15-17H2,1-4H3. The smallest absolute Gasteiger partial charge is 0.222 e. The summed E-state index contributed by atoms with van der Waals surface area (Å²) >= 11 is 0. The lowest BCUT2D eigenvalue weighted by atomic mass is 10.0. The summed E-state index contributed by atoms with van der Waals surface area (Å²) < 4.78 is 22.0. The molecule has 1 unspecified atom stereocenters. The van der Waals surface area contributed by atoms with E-state index in [9.17, 15) is 9.50 Å². The molecular weight excluding hydrogens is 393 g/mol. The van der Waals surface area contributed by atoms with Gasteiger partial charge in [-0.25, -0.2) is 9.07 Å². The molecule has 0 aliphatic carbocycles. The summed E-state index contributed by atoms with van der Waals surface area (Å²) in [5, 5.41) is 15.2. The topological polar surface area (TPSA) is 50.5 Å². The average Bonchev–Trinajstić information content (AvgIpc) is 3.05. The Morgan fingerprint density at radius 3 is 2.42 bits per heavy atom. The van der Waals surface area contributed by atoms with Crippen LogP contribution in [-0.2, 0) is 13.6 Å². The fourth-order valence-corrected chi connectivity index (χ4v) is 3.53. The number of hydrogen-bond acceptors (Lipinski definition) is 4. The van der Waals surface area contributed by atoms with Crippen molar-refractivity contribution < 1.29 is 14.2 Å². The predicted octanol–water partition coefficient (Wildman–Crippen LogP) is 5.25. The highest BCUT2D eigenvalue weighted by Gasteiger charge is 2.24. The van der Waals surface area contributed by atoms with Crippen molar-refractivity contribution >= 4 is 0 Å². The Morgan fingerprint density at radius 2 is 1.77 bits per heavy atom. The number of rotatable bonds is 10. The lowest BCUT2D eigenvalue weighted by Crippen LogP contribution is -2.35. The van der Waals surface area contributed by atoms with Crippen LogP contribution in [0.5, 0.6) is 11.6 Å². The SMILES string of the molecule is CCCN(Cc1c(-c2ccccc2)nn(C)c1Oc1ccccc1F)CC(O)C(C)C. The molecule has 0 amide bonds. The van der Waals surface area contributed by atoms with Crippen LogP contribution in [0.4, 0.5) is 4.39 Å². The highest BCUT2D eigenvalue weighted by molar-refractivity contribution is 5.65. The summed E-state index contributed by atoms with van der Waals surface area (Å²) in [6, 6.07) is 16.3. The van der Waals surface area contributed by atoms with E-state index in [1.807, 2.05) is 44.2 Å². The maximum atomic E-state index is 14.3. The van der Waals surface area contributed by atoms with Crippen LogP contribution in [-0.4, -0.2) is 39.0 Å². The molecule has 2 aromatic carbocycles. The molecule has 1 atom stereocenters. The number of halogens is 1. The molecular formula is C25H32FN3O2. The van der Waals surface area contributed by atoms with Crippen LogP contribution in [0.25, 0.3) is 11.3 Å². The van der Waals surface area contributed by atoms with Gasteiger partial charge < -0.3 is 9.84 Å². The van der Waals surface area contributed by atoms with E-state index in [1.165, 1.54) is 6.07 Å². The van der Waals surface area contributed by atoms with Crippen molar-refractivity contribution in [3.05, 3.63) is 66.0 Å². The van der Waals surface area contributed by atoms with E-state index in [0.717, 1.165) is 29.8 Å². The Hall–Kier alpha value is -2.70. The molecule has 166 valence electrons. The van der Waals surface area contributed by atoms with Crippen LogP contribution in [0.15, 0.2) is 54.6 Å². The fraction of sp³-hybridized carbons (Fsp3) is 0.400. The molecule has 0 bridgehead atoms. The van der Waals surface area contributed by atoms with Gasteiger partial charge in [0.05, 0.1) is 11.7 Å². The normalized spacial score (nSPS) is 12.5. The molecule has 31 heavy (non-hydrogen) atoms. The van der Waals surface area contributed by atoms with E-state index in [4.69, 9.17) is 9.84 Å². The van der Waals surface area contributed by atoms with Crippen LogP contribution < -0.4 is 4.74 Å². The minimum atomic E-state index is -0.431. The molecule has 3 aromatic rings. The van der Waals surface area contributed by atoms with E-state index >= 15 is 0 Å². The summed E-state index contributed by atoms with van der Waals surface area (Å²) in [6.45, 7) is 8.06. The molecule has 0 fully saturated rings. The minimum absolute atomic E-state index is 0.163. The summed E-state index contributed by atoms with van der Waals surface area (Å²) in [5.41, 5.74) is 2.65. The lowest BCUT2D eigenvalue weighted by molar-refractivity contribution is 0.0729. The first-order chi connectivity index (χ1) is 14.9. The second kappa shape index (κ2) is 10.6. The lowest BCUT2D eigenvalue weighted by Gasteiger charge is -2.26. The molecule has 0 aliphatic heterocycles. The van der Waals surface area contributed by atoms with Gasteiger partial charge in [-0.1, -0.05) is 63.2 Å². The monoisotopic (exact) mass is 425 g/mol. The number of benzene rings is 2. The maximum absolute atomic E-state index is 14.3. The third kappa shape index (κ3) is 5.71. The highest BCUT2D eigenvalue weighted by atomic mass is 19.1. The highest BCUT2D eigenvalue weighted by Crippen LogP contribution is 2.35. The van der Waals surface area contributed by atoms with Crippen LogP contribution in [0.2, 0.25) is 0 Å². The summed E-state index contributed by atoms with van der Waals surface area (Å²) in [6.07, 6.45) is 0.522. The quantitative estimate of drug-likeness (QED) is 0.482. The van der Waals surface area contributed by atoms with E-state index in [2.05, 4.69) is 11.8 Å². The number of nitrogens with zero attached hydrogens (tertiary/aromatic N) is 3. The molecule has 0 radical (unpaired) electrons. The predicted molar refractivity (Wildman–Crippen MR) is 122 cm³/mol. The second-order valence-electron chi connectivity index (χ2n) is 8.20. The van der Waals surface area contributed by atoms with Gasteiger partial charge in [-0.05, 0) is 31.0 Å². The number of aliphatic hydroxyl groups is 1. The fourth-order valence-electron chi connectivity index (χ4n) is 3.53. The Labute approximate surface area is 184 Å². The molecule has 0 aliphatic rings. The van der Waals surface area contributed by atoms with Gasteiger partial charge in [0.25, 0.3) is 0 Å². The molecule has 1 N–H and O–H groups in total. The van der Waals surface area contributed by atoms with E-state index in [1.54, 1.807) is 29.9 Å². The van der Waals surface area contributed by atoms with Crippen molar-refractivity contribution in [1.82, 2.24) is 14.7 Å². The number of aromatic nitrogens is 2. The largest absolute Gasteiger partial charge is 0.436 e. The summed E-state index contributed by atoms with van der Waals surface area (Å²) in [4.78, 5) is 2.21. The molecule has 3 rings (SSSR count). The van der Waals surface area contributed by atoms with Gasteiger partial charge in [-0.2, -0.15) is 5.10 Å². The zero-order valence-electron chi connectivity index (χ0n) is 18.8. The number of aliphatic hydroxyl groups excluding tert-OH is 1. The number of aryl methyl sites for hydroxylation is 1. The van der Waals surface area contributed by atoms with E-state index in [-0.39, 0.29) is 11.7 Å². The Kier molecular flexibility index (Phi) is 7.82. The van der Waals surface area contributed by atoms with Crippen molar-refractivity contribution in [1.29, 1.82) is 0 Å². The molecule has 5 nitrogen and oxygen atoms in total. The van der Waals surface area contributed by atoms with Crippen molar-refractivity contribution in [3.63, 3.8) is 0 Å². The van der Waals surface area contributed by atoms with Crippen LogP contribution in [0, 0.1) is 11.7 Å². The van der Waals surface area contributed by atoms with Gasteiger partial charge in [0, 0.05) is 25.7 Å². The van der Waals surface area contributed by atoms with Gasteiger partial charge >= 0.3 is 0 Å². The molecule has 0 saturated heterocycles. The third-order valence-electron chi connectivity index (χ3n) is 5.31.